The summed E-state index contributed by atoms with van der Waals surface area (Å²) in [5.74, 6) is -2.83. The standard InChI is InChI=1S/C11H4Cl6O2/c12-7-8(13)10(15)6-4(19)2-1-3(18)5(6)9(7,14)11(10,16)17/h1-2,5-6H/t5-,6+,9-,10-/m0/s1. The molecule has 4 atom stereocenters. The molecule has 0 aromatic rings. The van der Waals surface area contributed by atoms with Gasteiger partial charge in [-0.25, -0.2) is 0 Å². The summed E-state index contributed by atoms with van der Waals surface area (Å²) in [4.78, 5) is 20.8. The van der Waals surface area contributed by atoms with Crippen molar-refractivity contribution in [3.63, 3.8) is 0 Å². The van der Waals surface area contributed by atoms with Crippen molar-refractivity contribution in [3.05, 3.63) is 22.2 Å². The summed E-state index contributed by atoms with van der Waals surface area (Å²) in [5, 5.41) is -0.151. The average Bonchev–Trinajstić information content (AvgIpc) is 2.55. The average molecular weight is 381 g/mol. The molecule has 3 aliphatic rings. The largest absolute Gasteiger partial charge is 0.294 e. The summed E-state index contributed by atoms with van der Waals surface area (Å²) in [7, 11) is 0. The molecular formula is C11H4Cl6O2. The normalized spacial score (nSPS) is 47.1. The Bertz CT molecular complexity index is 546. The van der Waals surface area contributed by atoms with Gasteiger partial charge in [-0.15, -0.1) is 23.2 Å². The van der Waals surface area contributed by atoms with Crippen molar-refractivity contribution in [1.82, 2.24) is 0 Å². The molecule has 0 unspecified atom stereocenters. The molecule has 1 saturated carbocycles. The van der Waals surface area contributed by atoms with Crippen LogP contribution in [0.15, 0.2) is 22.2 Å². The minimum Gasteiger partial charge on any atom is -0.294 e. The molecule has 0 saturated heterocycles. The topological polar surface area (TPSA) is 34.1 Å². The Balaban J connectivity index is 2.38. The van der Waals surface area contributed by atoms with Crippen LogP contribution in [-0.2, 0) is 9.59 Å². The van der Waals surface area contributed by atoms with Crippen LogP contribution >= 0.6 is 69.6 Å². The number of alkyl halides is 4. The van der Waals surface area contributed by atoms with Crippen molar-refractivity contribution in [2.45, 2.75) is 14.1 Å². The van der Waals surface area contributed by atoms with Gasteiger partial charge in [0, 0.05) is 0 Å². The molecule has 1 fully saturated rings. The van der Waals surface area contributed by atoms with E-state index in [-0.39, 0.29) is 10.1 Å². The Morgan fingerprint density at radius 3 is 1.42 bits per heavy atom. The lowest BCUT2D eigenvalue weighted by Gasteiger charge is -2.35. The Hall–Kier alpha value is 0.560. The van der Waals surface area contributed by atoms with Gasteiger partial charge in [-0.2, -0.15) is 0 Å². The Morgan fingerprint density at radius 2 is 1.11 bits per heavy atom. The third-order valence-electron chi connectivity index (χ3n) is 3.96. The molecule has 0 aromatic carbocycles. The summed E-state index contributed by atoms with van der Waals surface area (Å²) in [6.45, 7) is 0. The van der Waals surface area contributed by atoms with Gasteiger partial charge in [-0.05, 0) is 12.2 Å². The number of carbonyl (C=O) groups excluding carboxylic acids is 2. The van der Waals surface area contributed by atoms with E-state index in [9.17, 15) is 9.59 Å². The number of carbonyl (C=O) groups is 2. The van der Waals surface area contributed by atoms with Crippen LogP contribution in [0.4, 0.5) is 0 Å². The maximum atomic E-state index is 12.1. The number of fused-ring (bicyclic) bond motifs is 5. The first-order valence-electron chi connectivity index (χ1n) is 5.19. The summed E-state index contributed by atoms with van der Waals surface area (Å²) < 4.78 is -1.86. The minimum absolute atomic E-state index is 0.0754. The van der Waals surface area contributed by atoms with Gasteiger partial charge in [0.05, 0.1) is 21.9 Å². The molecule has 3 aliphatic carbocycles. The molecule has 8 heteroatoms. The fourth-order valence-corrected chi connectivity index (χ4v) is 6.03. The molecule has 3 rings (SSSR count). The lowest BCUT2D eigenvalue weighted by atomic mass is 9.74. The quantitative estimate of drug-likeness (QED) is 0.599. The fraction of sp³-hybridized carbons (Fsp3) is 0.455. The first kappa shape index (κ1) is 14.5. The second kappa shape index (κ2) is 3.85. The van der Waals surface area contributed by atoms with Gasteiger partial charge in [0.1, 0.15) is 9.75 Å². The molecule has 0 aromatic heterocycles. The Labute approximate surface area is 138 Å². The first-order chi connectivity index (χ1) is 8.61. The van der Waals surface area contributed by atoms with Gasteiger partial charge in [-0.1, -0.05) is 46.4 Å². The van der Waals surface area contributed by atoms with Crippen molar-refractivity contribution in [3.8, 4) is 0 Å². The van der Waals surface area contributed by atoms with Crippen LogP contribution in [0.5, 0.6) is 0 Å². The number of hydrogen-bond donors (Lipinski definition) is 0. The molecule has 0 aliphatic heterocycles. The zero-order valence-electron chi connectivity index (χ0n) is 8.89. The summed E-state index contributed by atoms with van der Waals surface area (Å²) in [5.41, 5.74) is 0. The van der Waals surface area contributed by atoms with Crippen LogP contribution in [0, 0.1) is 11.8 Å². The van der Waals surface area contributed by atoms with Crippen molar-refractivity contribution in [1.29, 1.82) is 0 Å². The Morgan fingerprint density at radius 1 is 0.789 bits per heavy atom. The van der Waals surface area contributed by atoms with Gasteiger partial charge in [0.25, 0.3) is 0 Å². The summed E-state index contributed by atoms with van der Waals surface area (Å²) in [6, 6.07) is 0. The van der Waals surface area contributed by atoms with E-state index in [2.05, 4.69) is 0 Å². The van der Waals surface area contributed by atoms with Crippen LogP contribution in [0.1, 0.15) is 0 Å². The van der Waals surface area contributed by atoms with E-state index < -0.39 is 37.5 Å². The van der Waals surface area contributed by atoms with E-state index in [1.807, 2.05) is 0 Å². The van der Waals surface area contributed by atoms with E-state index in [0.717, 1.165) is 12.2 Å². The molecule has 102 valence electrons. The van der Waals surface area contributed by atoms with Gasteiger partial charge >= 0.3 is 0 Å². The molecule has 0 heterocycles. The molecule has 19 heavy (non-hydrogen) atoms. The molecule has 0 amide bonds. The van der Waals surface area contributed by atoms with Crippen molar-refractivity contribution in [2.24, 2.45) is 11.8 Å². The minimum atomic E-state index is -1.86. The van der Waals surface area contributed by atoms with Gasteiger partial charge in [0.2, 0.25) is 0 Å². The van der Waals surface area contributed by atoms with E-state index in [0.29, 0.717) is 0 Å². The molecule has 2 bridgehead atoms. The van der Waals surface area contributed by atoms with E-state index in [4.69, 9.17) is 69.6 Å². The zero-order valence-corrected chi connectivity index (χ0v) is 13.4. The van der Waals surface area contributed by atoms with Crippen LogP contribution in [0.25, 0.3) is 0 Å². The Kier molecular flexibility index (Phi) is 2.94. The zero-order chi connectivity index (χ0) is 14.4. The third kappa shape index (κ3) is 1.26. The lowest BCUT2D eigenvalue weighted by Crippen LogP contribution is -2.46. The highest BCUT2D eigenvalue weighted by Crippen LogP contribution is 2.76. The third-order valence-corrected chi connectivity index (χ3v) is 8.22. The van der Waals surface area contributed by atoms with E-state index >= 15 is 0 Å². The van der Waals surface area contributed by atoms with Crippen molar-refractivity contribution in [2.75, 3.05) is 0 Å². The molecule has 0 spiro atoms. The predicted molar refractivity (Wildman–Crippen MR) is 76.5 cm³/mol. The molecular weight excluding hydrogens is 377 g/mol. The smallest absolute Gasteiger partial charge is 0.167 e. The highest BCUT2D eigenvalue weighted by atomic mass is 35.5. The summed E-state index contributed by atoms with van der Waals surface area (Å²) >= 11 is 37.6. The lowest BCUT2D eigenvalue weighted by molar-refractivity contribution is -0.128. The van der Waals surface area contributed by atoms with E-state index in [1.54, 1.807) is 0 Å². The second-order valence-corrected chi connectivity index (χ2v) is 7.99. The number of allylic oxidation sites excluding steroid dienone is 4. The van der Waals surface area contributed by atoms with Crippen LogP contribution in [0.2, 0.25) is 0 Å². The predicted octanol–water partition coefficient (Wildman–Crippen LogP) is 3.77. The van der Waals surface area contributed by atoms with E-state index in [1.165, 1.54) is 0 Å². The van der Waals surface area contributed by atoms with Gasteiger partial charge in [0.15, 0.2) is 15.9 Å². The number of rotatable bonds is 0. The van der Waals surface area contributed by atoms with Crippen LogP contribution < -0.4 is 0 Å². The van der Waals surface area contributed by atoms with Crippen LogP contribution in [-0.4, -0.2) is 25.6 Å². The first-order valence-corrected chi connectivity index (χ1v) is 7.46. The molecule has 0 radical (unpaired) electrons. The van der Waals surface area contributed by atoms with Crippen molar-refractivity contribution >= 4 is 81.2 Å². The number of hydrogen-bond acceptors (Lipinski definition) is 2. The number of ketones is 2. The molecule has 0 N–H and O–H groups in total. The van der Waals surface area contributed by atoms with Gasteiger partial charge in [-0.3, -0.25) is 9.59 Å². The maximum Gasteiger partial charge on any atom is 0.167 e. The number of halogens is 6. The SMILES string of the molecule is O=C1C=CC(=O)[C@H]2[C@@H]1[C@]1(Cl)C(Cl)=C(Cl)[C@]2(Cl)C1(Cl)Cl. The molecule has 2 nitrogen and oxygen atoms in total. The van der Waals surface area contributed by atoms with Crippen molar-refractivity contribution < 1.29 is 9.59 Å². The maximum absolute atomic E-state index is 12.1. The monoisotopic (exact) mass is 378 g/mol. The second-order valence-electron chi connectivity index (χ2n) is 4.72. The highest BCUT2D eigenvalue weighted by molar-refractivity contribution is 6.66. The van der Waals surface area contributed by atoms with Crippen LogP contribution in [0.3, 0.4) is 0 Å². The summed E-state index contributed by atoms with van der Waals surface area (Å²) in [6.07, 6.45) is 2.27. The fourth-order valence-electron chi connectivity index (χ4n) is 3.07. The van der Waals surface area contributed by atoms with Gasteiger partial charge < -0.3 is 0 Å². The highest BCUT2D eigenvalue weighted by Gasteiger charge is 2.84.